The number of amides is 1. The molecule has 0 saturated heterocycles. The third-order valence-corrected chi connectivity index (χ3v) is 3.47. The molecule has 3 rings (SSSR count). The Morgan fingerprint density at radius 3 is 2.39 bits per heavy atom. The summed E-state index contributed by atoms with van der Waals surface area (Å²) in [6.07, 6.45) is 0. The predicted octanol–water partition coefficient (Wildman–Crippen LogP) is 3.93. The average molecular weight is 387 g/mol. The van der Waals surface area contributed by atoms with Gasteiger partial charge in [-0.05, 0) is 36.4 Å². The molecule has 0 aliphatic heterocycles. The maximum absolute atomic E-state index is 13.1. The highest BCUT2D eigenvalue weighted by molar-refractivity contribution is 5.94. The van der Waals surface area contributed by atoms with Gasteiger partial charge in [0.15, 0.2) is 6.61 Å². The van der Waals surface area contributed by atoms with Crippen LogP contribution >= 0.6 is 0 Å². The zero-order chi connectivity index (χ0) is 19.9. The Bertz CT molecular complexity index is 951. The molecule has 1 N–H and O–H groups in total. The van der Waals surface area contributed by atoms with Gasteiger partial charge in [0.05, 0.1) is 0 Å². The van der Waals surface area contributed by atoms with Crippen molar-refractivity contribution in [2.24, 2.45) is 0 Å². The summed E-state index contributed by atoms with van der Waals surface area (Å²) in [5.41, 5.74) is -0.0862. The van der Waals surface area contributed by atoms with E-state index in [1.165, 1.54) is 6.07 Å². The molecule has 0 spiro atoms. The Morgan fingerprint density at radius 1 is 0.964 bits per heavy atom. The van der Waals surface area contributed by atoms with Gasteiger partial charge in [0.25, 0.3) is 5.91 Å². The van der Waals surface area contributed by atoms with E-state index in [-0.39, 0.29) is 18.1 Å². The quantitative estimate of drug-likeness (QED) is 0.622. The van der Waals surface area contributed by atoms with Crippen LogP contribution in [0.4, 0.5) is 14.5 Å². The molecule has 3 aromatic rings. The van der Waals surface area contributed by atoms with Gasteiger partial charge >= 0.3 is 5.97 Å². The summed E-state index contributed by atoms with van der Waals surface area (Å²) in [7, 11) is 0. The Morgan fingerprint density at radius 2 is 1.68 bits per heavy atom. The summed E-state index contributed by atoms with van der Waals surface area (Å²) in [5.74, 6) is -2.34. The van der Waals surface area contributed by atoms with Gasteiger partial charge in [-0.2, -0.15) is 0 Å². The smallest absolute Gasteiger partial charge is 0.374 e. The van der Waals surface area contributed by atoms with E-state index in [9.17, 15) is 18.4 Å². The molecule has 1 amide bonds. The van der Waals surface area contributed by atoms with Crippen molar-refractivity contribution < 1.29 is 32.3 Å². The van der Waals surface area contributed by atoms with Gasteiger partial charge < -0.3 is 19.2 Å². The largest absolute Gasteiger partial charge is 0.486 e. The van der Waals surface area contributed by atoms with E-state index in [4.69, 9.17) is 13.9 Å². The molecule has 0 aliphatic carbocycles. The Hall–Kier alpha value is -3.68. The molecule has 0 aliphatic rings. The fraction of sp³-hybridized carbons (Fsp3) is 0.100. The van der Waals surface area contributed by atoms with Crippen molar-refractivity contribution in [3.8, 4) is 5.75 Å². The van der Waals surface area contributed by atoms with Gasteiger partial charge in [0.2, 0.25) is 5.76 Å². The molecule has 0 saturated carbocycles. The van der Waals surface area contributed by atoms with Crippen molar-refractivity contribution in [3.63, 3.8) is 0 Å². The summed E-state index contributed by atoms with van der Waals surface area (Å²) in [6.45, 7) is -0.531. The summed E-state index contributed by atoms with van der Waals surface area (Å²) >= 11 is 0. The number of carbonyl (C=O) groups excluding carboxylic acids is 2. The number of furan rings is 1. The lowest BCUT2D eigenvalue weighted by Crippen LogP contribution is -2.20. The van der Waals surface area contributed by atoms with E-state index in [0.29, 0.717) is 17.6 Å². The van der Waals surface area contributed by atoms with Gasteiger partial charge in [0.1, 0.15) is 29.8 Å². The molecule has 0 unspecified atom stereocenters. The number of anilines is 1. The minimum absolute atomic E-state index is 0.0862. The Labute approximate surface area is 158 Å². The van der Waals surface area contributed by atoms with E-state index in [1.807, 2.05) is 18.2 Å². The first-order chi connectivity index (χ1) is 13.5. The number of benzene rings is 2. The van der Waals surface area contributed by atoms with E-state index >= 15 is 0 Å². The maximum Gasteiger partial charge on any atom is 0.374 e. The number of halogens is 2. The summed E-state index contributed by atoms with van der Waals surface area (Å²) in [4.78, 5) is 23.7. The van der Waals surface area contributed by atoms with Crippen LogP contribution in [-0.2, 0) is 16.1 Å². The van der Waals surface area contributed by atoms with Crippen LogP contribution in [0.25, 0.3) is 0 Å². The third-order valence-electron chi connectivity index (χ3n) is 3.47. The van der Waals surface area contributed by atoms with Crippen LogP contribution in [-0.4, -0.2) is 18.5 Å². The first-order valence-electron chi connectivity index (χ1n) is 8.19. The first kappa shape index (κ1) is 19.1. The van der Waals surface area contributed by atoms with Crippen LogP contribution in [0.15, 0.2) is 65.1 Å². The second-order valence-electron chi connectivity index (χ2n) is 5.65. The van der Waals surface area contributed by atoms with Crippen molar-refractivity contribution in [3.05, 3.63) is 83.8 Å². The van der Waals surface area contributed by atoms with Crippen molar-refractivity contribution in [2.75, 3.05) is 11.9 Å². The highest BCUT2D eigenvalue weighted by Crippen LogP contribution is 2.15. The summed E-state index contributed by atoms with van der Waals surface area (Å²) < 4.78 is 41.8. The lowest BCUT2D eigenvalue weighted by Gasteiger charge is -2.06. The Balaban J connectivity index is 1.48. The van der Waals surface area contributed by atoms with Crippen LogP contribution in [0.2, 0.25) is 0 Å². The van der Waals surface area contributed by atoms with Crippen molar-refractivity contribution in [2.45, 2.75) is 6.61 Å². The van der Waals surface area contributed by atoms with Gasteiger partial charge in [-0.15, -0.1) is 0 Å². The van der Waals surface area contributed by atoms with E-state index in [1.54, 1.807) is 18.2 Å². The molecule has 0 radical (unpaired) electrons. The molecule has 6 nitrogen and oxygen atoms in total. The van der Waals surface area contributed by atoms with Crippen LogP contribution in [0.1, 0.15) is 16.3 Å². The van der Waals surface area contributed by atoms with Crippen LogP contribution in [0.3, 0.4) is 0 Å². The highest BCUT2D eigenvalue weighted by atomic mass is 19.1. The SMILES string of the molecule is O=C(COC(=O)c1ccc(COc2ccccc2)o1)Nc1cc(F)cc(F)c1. The van der Waals surface area contributed by atoms with E-state index in [0.717, 1.165) is 12.1 Å². The lowest BCUT2D eigenvalue weighted by atomic mass is 10.3. The zero-order valence-corrected chi connectivity index (χ0v) is 14.5. The first-order valence-corrected chi connectivity index (χ1v) is 8.19. The van der Waals surface area contributed by atoms with Gasteiger partial charge in [0, 0.05) is 11.8 Å². The fourth-order valence-corrected chi connectivity index (χ4v) is 2.26. The van der Waals surface area contributed by atoms with Crippen LogP contribution < -0.4 is 10.1 Å². The number of rotatable bonds is 7. The minimum Gasteiger partial charge on any atom is -0.486 e. The fourth-order valence-electron chi connectivity index (χ4n) is 2.26. The topological polar surface area (TPSA) is 77.8 Å². The molecule has 1 aromatic heterocycles. The minimum atomic E-state index is -0.855. The van der Waals surface area contributed by atoms with Crippen molar-refractivity contribution in [1.82, 2.24) is 0 Å². The van der Waals surface area contributed by atoms with E-state index < -0.39 is 30.1 Å². The molecule has 2 aromatic carbocycles. The number of nitrogens with one attached hydrogen (secondary N) is 1. The standard InChI is InChI=1S/C20H15F2NO5/c21-13-8-14(22)10-15(9-13)23-19(24)12-27-20(25)18-7-6-17(28-18)11-26-16-4-2-1-3-5-16/h1-10H,11-12H2,(H,23,24). The lowest BCUT2D eigenvalue weighted by molar-refractivity contribution is -0.119. The third kappa shape index (κ3) is 5.41. The summed E-state index contributed by atoms with van der Waals surface area (Å²) in [6, 6.07) is 14.6. The molecule has 0 fully saturated rings. The normalized spacial score (nSPS) is 10.4. The Kier molecular flexibility index (Phi) is 6.01. The predicted molar refractivity (Wildman–Crippen MR) is 94.8 cm³/mol. The van der Waals surface area contributed by atoms with E-state index in [2.05, 4.69) is 5.32 Å². The maximum atomic E-state index is 13.1. The molecule has 0 atom stereocenters. The van der Waals surface area contributed by atoms with Crippen LogP contribution in [0.5, 0.6) is 5.75 Å². The zero-order valence-electron chi connectivity index (χ0n) is 14.5. The average Bonchev–Trinajstić information content (AvgIpc) is 3.13. The van der Waals surface area contributed by atoms with Crippen molar-refractivity contribution >= 4 is 17.6 Å². The molecule has 1 heterocycles. The molecule has 144 valence electrons. The number of ether oxygens (including phenoxy) is 2. The molecule has 8 heteroatoms. The summed E-state index contributed by atoms with van der Waals surface area (Å²) in [5, 5.41) is 2.23. The van der Waals surface area contributed by atoms with Crippen LogP contribution in [0, 0.1) is 11.6 Å². The number of carbonyl (C=O) groups is 2. The number of hydrogen-bond donors (Lipinski definition) is 1. The molecular formula is C20H15F2NO5. The molecule has 28 heavy (non-hydrogen) atoms. The van der Waals surface area contributed by atoms with Gasteiger partial charge in [-0.25, -0.2) is 13.6 Å². The number of hydrogen-bond acceptors (Lipinski definition) is 5. The number of esters is 1. The number of para-hydroxylation sites is 1. The van der Waals surface area contributed by atoms with Gasteiger partial charge in [-0.1, -0.05) is 18.2 Å². The molecule has 0 bridgehead atoms. The molecular weight excluding hydrogens is 372 g/mol. The second-order valence-corrected chi connectivity index (χ2v) is 5.65. The van der Waals surface area contributed by atoms with Gasteiger partial charge in [-0.3, -0.25) is 4.79 Å². The second kappa shape index (κ2) is 8.81. The monoisotopic (exact) mass is 387 g/mol. The highest BCUT2D eigenvalue weighted by Gasteiger charge is 2.15. The van der Waals surface area contributed by atoms with Crippen molar-refractivity contribution in [1.29, 1.82) is 0 Å².